The van der Waals surface area contributed by atoms with Gasteiger partial charge in [-0.15, -0.1) is 0 Å². The third-order valence-electron chi connectivity index (χ3n) is 1.98. The molecule has 4 nitrogen and oxygen atoms in total. The van der Waals surface area contributed by atoms with Crippen molar-refractivity contribution < 1.29 is 4.92 Å². The van der Waals surface area contributed by atoms with Crippen molar-refractivity contribution in [3.05, 3.63) is 45.5 Å². The van der Waals surface area contributed by atoms with Crippen molar-refractivity contribution in [1.29, 1.82) is 5.26 Å². The predicted octanol–water partition coefficient (Wildman–Crippen LogP) is 2.83. The summed E-state index contributed by atoms with van der Waals surface area (Å²) in [6.45, 7) is 1.87. The minimum absolute atomic E-state index is 0.0669. The zero-order chi connectivity index (χ0) is 11.3. The molecule has 0 amide bonds. The fourth-order valence-electron chi connectivity index (χ4n) is 1.16. The van der Waals surface area contributed by atoms with Crippen LogP contribution >= 0.6 is 0 Å². The highest BCUT2D eigenvalue weighted by atomic mass is 16.6. The number of aryl methyl sites for hydroxylation is 1. The van der Waals surface area contributed by atoms with Crippen LogP contribution in [-0.4, -0.2) is 4.92 Å². The molecule has 0 fully saturated rings. The minimum atomic E-state index is -0.429. The van der Waals surface area contributed by atoms with Crippen LogP contribution < -0.4 is 0 Å². The highest BCUT2D eigenvalue weighted by Gasteiger charge is 2.06. The van der Waals surface area contributed by atoms with Crippen molar-refractivity contribution in [1.82, 2.24) is 0 Å². The molecular formula is C11H10N2O2. The van der Waals surface area contributed by atoms with Gasteiger partial charge in [0.05, 0.1) is 17.4 Å². The Balaban J connectivity index is 3.01. The smallest absolute Gasteiger partial charge is 0.258 e. The molecule has 0 radical (unpaired) electrons. The summed E-state index contributed by atoms with van der Waals surface area (Å²) in [5, 5.41) is 18.9. The number of benzene rings is 1. The summed E-state index contributed by atoms with van der Waals surface area (Å²) in [7, 11) is 0. The molecule has 0 aromatic heterocycles. The van der Waals surface area contributed by atoms with Crippen LogP contribution in [0, 0.1) is 28.4 Å². The van der Waals surface area contributed by atoms with Crippen LogP contribution in [-0.2, 0) is 0 Å². The average molecular weight is 202 g/mol. The van der Waals surface area contributed by atoms with E-state index in [4.69, 9.17) is 5.26 Å². The maximum atomic E-state index is 10.5. The summed E-state index contributed by atoms with van der Waals surface area (Å²) in [4.78, 5) is 10.1. The average Bonchev–Trinajstić information content (AvgIpc) is 2.20. The molecule has 0 unspecified atom stereocenters. The molecule has 15 heavy (non-hydrogen) atoms. The fraction of sp³-hybridized carbons (Fsp3) is 0.182. The van der Waals surface area contributed by atoms with Gasteiger partial charge in [0.2, 0.25) is 0 Å². The number of non-ortho nitro benzene ring substituents is 1. The molecule has 0 atom stereocenters. The summed E-state index contributed by atoms with van der Waals surface area (Å²) < 4.78 is 0. The fourth-order valence-corrected chi connectivity index (χ4v) is 1.16. The number of rotatable bonds is 3. The van der Waals surface area contributed by atoms with E-state index in [2.05, 4.69) is 0 Å². The van der Waals surface area contributed by atoms with Crippen LogP contribution in [0.4, 0.5) is 5.69 Å². The Hall–Kier alpha value is -2.15. The molecule has 0 bridgehead atoms. The van der Waals surface area contributed by atoms with Gasteiger partial charge in [-0.1, -0.05) is 18.2 Å². The third-order valence-corrected chi connectivity index (χ3v) is 1.98. The topological polar surface area (TPSA) is 66.9 Å². The van der Waals surface area contributed by atoms with Gasteiger partial charge in [0.15, 0.2) is 0 Å². The van der Waals surface area contributed by atoms with E-state index in [0.717, 1.165) is 11.1 Å². The van der Waals surface area contributed by atoms with Gasteiger partial charge >= 0.3 is 0 Å². The van der Waals surface area contributed by atoms with Gasteiger partial charge < -0.3 is 0 Å². The first-order chi connectivity index (χ1) is 7.15. The summed E-state index contributed by atoms with van der Waals surface area (Å²) >= 11 is 0. The molecular weight excluding hydrogens is 192 g/mol. The van der Waals surface area contributed by atoms with E-state index in [9.17, 15) is 10.1 Å². The third kappa shape index (κ3) is 2.92. The van der Waals surface area contributed by atoms with E-state index in [1.54, 1.807) is 18.2 Å². The van der Waals surface area contributed by atoms with Gasteiger partial charge in [0, 0.05) is 12.1 Å². The molecule has 0 aliphatic carbocycles. The van der Waals surface area contributed by atoms with Gasteiger partial charge in [-0.05, 0) is 18.1 Å². The molecule has 0 aliphatic heterocycles. The number of allylic oxidation sites excluding steroid dienone is 1. The second-order valence-electron chi connectivity index (χ2n) is 3.06. The molecule has 1 aromatic rings. The first-order valence-corrected chi connectivity index (χ1v) is 4.43. The maximum absolute atomic E-state index is 10.5. The predicted molar refractivity (Wildman–Crippen MR) is 57.1 cm³/mol. The molecule has 1 aromatic carbocycles. The molecule has 0 spiro atoms. The van der Waals surface area contributed by atoms with E-state index in [1.165, 1.54) is 12.1 Å². The second-order valence-corrected chi connectivity index (χ2v) is 3.06. The minimum Gasteiger partial charge on any atom is -0.258 e. The highest BCUT2D eigenvalue weighted by molar-refractivity contribution is 5.57. The van der Waals surface area contributed by atoms with Crippen molar-refractivity contribution >= 4 is 11.8 Å². The Kier molecular flexibility index (Phi) is 3.58. The van der Waals surface area contributed by atoms with E-state index >= 15 is 0 Å². The van der Waals surface area contributed by atoms with Crippen molar-refractivity contribution in [2.24, 2.45) is 0 Å². The molecule has 0 saturated carbocycles. The lowest BCUT2D eigenvalue weighted by Crippen LogP contribution is -1.89. The number of hydrogen-bond acceptors (Lipinski definition) is 3. The van der Waals surface area contributed by atoms with Crippen LogP contribution in [0.2, 0.25) is 0 Å². The molecule has 1 rings (SSSR count). The molecule has 0 heterocycles. The maximum Gasteiger partial charge on any atom is 0.270 e. The normalized spacial score (nSPS) is 10.1. The van der Waals surface area contributed by atoms with Crippen molar-refractivity contribution in [3.63, 3.8) is 0 Å². The standard InChI is InChI=1S/C11H10N2O2/c1-9-5-6-11(13(14)15)8-10(9)4-2-3-7-12/h2,4-6,8H,3H2,1H3. The lowest BCUT2D eigenvalue weighted by atomic mass is 10.1. The zero-order valence-corrected chi connectivity index (χ0v) is 8.30. The van der Waals surface area contributed by atoms with Crippen LogP contribution in [0.25, 0.3) is 6.08 Å². The zero-order valence-electron chi connectivity index (χ0n) is 8.30. The van der Waals surface area contributed by atoms with Crippen LogP contribution in [0.3, 0.4) is 0 Å². The van der Waals surface area contributed by atoms with Gasteiger partial charge in [-0.2, -0.15) is 5.26 Å². The first-order valence-electron chi connectivity index (χ1n) is 4.43. The summed E-state index contributed by atoms with van der Waals surface area (Å²) in [6.07, 6.45) is 3.72. The summed E-state index contributed by atoms with van der Waals surface area (Å²) in [6, 6.07) is 6.65. The quantitative estimate of drug-likeness (QED) is 0.559. The van der Waals surface area contributed by atoms with Crippen molar-refractivity contribution in [2.75, 3.05) is 0 Å². The lowest BCUT2D eigenvalue weighted by Gasteiger charge is -1.99. The van der Waals surface area contributed by atoms with Crippen LogP contribution in [0.1, 0.15) is 17.5 Å². The van der Waals surface area contributed by atoms with E-state index in [0.29, 0.717) is 6.42 Å². The Morgan fingerprint density at radius 2 is 2.33 bits per heavy atom. The number of nitro benzene ring substituents is 1. The number of nitro groups is 1. The molecule has 0 saturated heterocycles. The summed E-state index contributed by atoms with van der Waals surface area (Å²) in [5.41, 5.74) is 1.80. The largest absolute Gasteiger partial charge is 0.270 e. The second kappa shape index (κ2) is 4.91. The first kappa shape index (κ1) is 10.9. The number of hydrogen-bond donors (Lipinski definition) is 0. The van der Waals surface area contributed by atoms with Crippen molar-refractivity contribution in [2.45, 2.75) is 13.3 Å². The van der Waals surface area contributed by atoms with Gasteiger partial charge in [-0.25, -0.2) is 0 Å². The monoisotopic (exact) mass is 202 g/mol. The summed E-state index contributed by atoms with van der Waals surface area (Å²) in [5.74, 6) is 0. The van der Waals surface area contributed by atoms with Gasteiger partial charge in [0.1, 0.15) is 0 Å². The Bertz CT molecular complexity index is 444. The van der Waals surface area contributed by atoms with E-state index in [-0.39, 0.29) is 5.69 Å². The lowest BCUT2D eigenvalue weighted by molar-refractivity contribution is -0.384. The molecule has 0 aliphatic rings. The molecule has 76 valence electrons. The van der Waals surface area contributed by atoms with Crippen molar-refractivity contribution in [3.8, 4) is 6.07 Å². The SMILES string of the molecule is Cc1ccc([N+](=O)[O-])cc1C=CCC#N. The molecule has 4 heteroatoms. The number of nitriles is 1. The van der Waals surface area contributed by atoms with Crippen LogP contribution in [0.15, 0.2) is 24.3 Å². The Labute approximate surface area is 87.6 Å². The Morgan fingerprint density at radius 1 is 1.60 bits per heavy atom. The highest BCUT2D eigenvalue weighted by Crippen LogP contribution is 2.18. The van der Waals surface area contributed by atoms with Gasteiger partial charge in [-0.3, -0.25) is 10.1 Å². The molecule has 0 N–H and O–H groups in total. The van der Waals surface area contributed by atoms with Crippen LogP contribution in [0.5, 0.6) is 0 Å². The van der Waals surface area contributed by atoms with E-state index < -0.39 is 4.92 Å². The Morgan fingerprint density at radius 3 is 2.93 bits per heavy atom. The van der Waals surface area contributed by atoms with Gasteiger partial charge in [0.25, 0.3) is 5.69 Å². The van der Waals surface area contributed by atoms with E-state index in [1.807, 2.05) is 13.0 Å². The number of nitrogens with zero attached hydrogens (tertiary/aromatic N) is 2.